The first-order valence-electron chi connectivity index (χ1n) is 7.78. The average Bonchev–Trinajstić information content (AvgIpc) is 3.09. The van der Waals surface area contributed by atoms with Crippen molar-refractivity contribution in [3.05, 3.63) is 65.0 Å². The zero-order valence-corrected chi connectivity index (χ0v) is 14.7. The molecule has 0 bridgehead atoms. The monoisotopic (exact) mass is 367 g/mol. The van der Waals surface area contributed by atoms with E-state index in [0.29, 0.717) is 5.13 Å². The standard InChI is InChI=1S/C19H16N2O4S/c1-12-6-8-13(9-7-12)15-11-26-19(20-15)21-17(22)10-25-16-5-3-2-4-14(16)18(23)24/h2-9,11H,10H2,1H3,(H,23,24)(H,20,21,22)/p-1. The van der Waals surface area contributed by atoms with Crippen molar-refractivity contribution in [2.45, 2.75) is 6.92 Å². The van der Waals surface area contributed by atoms with Crippen LogP contribution in [-0.2, 0) is 4.79 Å². The van der Waals surface area contributed by atoms with Crippen molar-refractivity contribution >= 4 is 28.3 Å². The number of benzene rings is 2. The molecule has 132 valence electrons. The molecule has 0 aliphatic rings. The van der Waals surface area contributed by atoms with Crippen molar-refractivity contribution in [1.82, 2.24) is 4.98 Å². The number of aromatic nitrogens is 1. The van der Waals surface area contributed by atoms with Crippen molar-refractivity contribution in [3.63, 3.8) is 0 Å². The van der Waals surface area contributed by atoms with E-state index in [0.717, 1.165) is 16.8 Å². The second-order valence-corrected chi connectivity index (χ2v) is 6.38. The van der Waals surface area contributed by atoms with Crippen LogP contribution in [0.3, 0.4) is 0 Å². The number of aryl methyl sites for hydroxylation is 1. The predicted molar refractivity (Wildman–Crippen MR) is 97.2 cm³/mol. The summed E-state index contributed by atoms with van der Waals surface area (Å²) in [6.45, 7) is 1.68. The number of nitrogens with one attached hydrogen (secondary N) is 1. The Kier molecular flexibility index (Phi) is 5.28. The minimum atomic E-state index is -1.36. The molecule has 1 heterocycles. The number of nitrogens with zero attached hydrogens (tertiary/aromatic N) is 1. The lowest BCUT2D eigenvalue weighted by atomic mass is 10.1. The Hall–Kier alpha value is -3.19. The third-order valence-electron chi connectivity index (χ3n) is 3.56. The third kappa shape index (κ3) is 4.25. The van der Waals surface area contributed by atoms with E-state index in [1.54, 1.807) is 12.1 Å². The lowest BCUT2D eigenvalue weighted by molar-refractivity contribution is -0.255. The number of carboxylic acid groups (broad SMARTS) is 1. The van der Waals surface area contributed by atoms with Gasteiger partial charge in [-0.1, -0.05) is 42.0 Å². The molecule has 1 N–H and O–H groups in total. The van der Waals surface area contributed by atoms with Gasteiger partial charge in [-0.15, -0.1) is 11.3 Å². The Bertz CT molecular complexity index is 935. The summed E-state index contributed by atoms with van der Waals surface area (Å²) in [5, 5.41) is 16.0. The van der Waals surface area contributed by atoms with Crippen LogP contribution in [0.25, 0.3) is 11.3 Å². The number of ether oxygens (including phenoxy) is 1. The summed E-state index contributed by atoms with van der Waals surface area (Å²) in [5.74, 6) is -1.70. The quantitative estimate of drug-likeness (QED) is 0.723. The van der Waals surface area contributed by atoms with Crippen molar-refractivity contribution in [2.24, 2.45) is 0 Å². The van der Waals surface area contributed by atoms with Gasteiger partial charge >= 0.3 is 0 Å². The Labute approximate surface area is 154 Å². The van der Waals surface area contributed by atoms with Crippen LogP contribution >= 0.6 is 11.3 Å². The van der Waals surface area contributed by atoms with Gasteiger partial charge in [-0.2, -0.15) is 0 Å². The molecule has 0 aliphatic carbocycles. The second kappa shape index (κ2) is 7.79. The first-order chi connectivity index (χ1) is 12.5. The maximum atomic E-state index is 12.0. The van der Waals surface area contributed by atoms with Crippen LogP contribution in [0.5, 0.6) is 5.75 Å². The van der Waals surface area contributed by atoms with Crippen molar-refractivity contribution < 1.29 is 19.4 Å². The van der Waals surface area contributed by atoms with Crippen LogP contribution in [0.4, 0.5) is 5.13 Å². The number of para-hydroxylation sites is 1. The van der Waals surface area contributed by atoms with Crippen LogP contribution in [0.1, 0.15) is 15.9 Å². The van der Waals surface area contributed by atoms with E-state index < -0.39 is 11.9 Å². The molecule has 0 fully saturated rings. The molecule has 3 aromatic rings. The number of carboxylic acids is 1. The lowest BCUT2D eigenvalue weighted by Gasteiger charge is -2.11. The Morgan fingerprint density at radius 1 is 1.15 bits per heavy atom. The molecule has 0 aliphatic heterocycles. The van der Waals surface area contributed by atoms with E-state index in [1.807, 2.05) is 36.6 Å². The first-order valence-corrected chi connectivity index (χ1v) is 8.66. The number of rotatable bonds is 6. The van der Waals surface area contributed by atoms with Gasteiger partial charge in [0.15, 0.2) is 11.7 Å². The predicted octanol–water partition coefficient (Wildman–Crippen LogP) is 2.50. The highest BCUT2D eigenvalue weighted by Gasteiger charge is 2.10. The van der Waals surface area contributed by atoms with Gasteiger partial charge in [0.25, 0.3) is 5.91 Å². The molecular formula is C19H15N2O4S-. The number of hydrogen-bond donors (Lipinski definition) is 1. The van der Waals surface area contributed by atoms with Gasteiger partial charge in [-0.25, -0.2) is 4.98 Å². The fraction of sp³-hybridized carbons (Fsp3) is 0.105. The second-order valence-electron chi connectivity index (χ2n) is 5.52. The molecule has 1 aromatic heterocycles. The number of thiazole rings is 1. The summed E-state index contributed by atoms with van der Waals surface area (Å²) in [4.78, 5) is 27.4. The van der Waals surface area contributed by atoms with Crippen molar-refractivity contribution in [3.8, 4) is 17.0 Å². The highest BCUT2D eigenvalue weighted by molar-refractivity contribution is 7.14. The van der Waals surface area contributed by atoms with E-state index in [4.69, 9.17) is 4.74 Å². The summed E-state index contributed by atoms with van der Waals surface area (Å²) in [5.41, 5.74) is 2.79. The van der Waals surface area contributed by atoms with Gasteiger partial charge in [0.2, 0.25) is 0 Å². The normalized spacial score (nSPS) is 10.3. The molecule has 6 nitrogen and oxygen atoms in total. The summed E-state index contributed by atoms with van der Waals surface area (Å²) < 4.78 is 5.28. The highest BCUT2D eigenvalue weighted by atomic mass is 32.1. The fourth-order valence-electron chi connectivity index (χ4n) is 2.25. The van der Waals surface area contributed by atoms with Gasteiger partial charge in [0.1, 0.15) is 5.75 Å². The third-order valence-corrected chi connectivity index (χ3v) is 4.32. The minimum Gasteiger partial charge on any atom is -0.545 e. The molecule has 0 radical (unpaired) electrons. The molecule has 0 spiro atoms. The van der Waals surface area contributed by atoms with Gasteiger partial charge in [-0.3, -0.25) is 10.1 Å². The van der Waals surface area contributed by atoms with Gasteiger partial charge in [0.05, 0.1) is 11.7 Å². The summed E-state index contributed by atoms with van der Waals surface area (Å²) in [6.07, 6.45) is 0. The van der Waals surface area contributed by atoms with E-state index in [9.17, 15) is 14.7 Å². The van der Waals surface area contributed by atoms with Gasteiger partial charge in [0, 0.05) is 16.5 Å². The van der Waals surface area contributed by atoms with E-state index in [2.05, 4.69) is 10.3 Å². The van der Waals surface area contributed by atoms with Gasteiger partial charge < -0.3 is 14.6 Å². The van der Waals surface area contributed by atoms with E-state index in [1.165, 1.54) is 23.5 Å². The lowest BCUT2D eigenvalue weighted by Crippen LogP contribution is -2.25. The highest BCUT2D eigenvalue weighted by Crippen LogP contribution is 2.25. The summed E-state index contributed by atoms with van der Waals surface area (Å²) in [6, 6.07) is 13.9. The molecule has 0 atom stereocenters. The smallest absolute Gasteiger partial charge is 0.264 e. The number of amides is 1. The Morgan fingerprint density at radius 3 is 2.62 bits per heavy atom. The van der Waals surface area contributed by atoms with Crippen molar-refractivity contribution in [1.29, 1.82) is 0 Å². The topological polar surface area (TPSA) is 91.3 Å². The summed E-state index contributed by atoms with van der Waals surface area (Å²) >= 11 is 1.30. The maximum absolute atomic E-state index is 12.0. The largest absolute Gasteiger partial charge is 0.545 e. The molecule has 2 aromatic carbocycles. The zero-order chi connectivity index (χ0) is 18.5. The number of carbonyl (C=O) groups excluding carboxylic acids is 2. The Morgan fingerprint density at radius 2 is 1.88 bits per heavy atom. The zero-order valence-electron chi connectivity index (χ0n) is 13.9. The van der Waals surface area contributed by atoms with E-state index in [-0.39, 0.29) is 17.9 Å². The Balaban J connectivity index is 1.61. The number of anilines is 1. The van der Waals surface area contributed by atoms with Crippen molar-refractivity contribution in [2.75, 3.05) is 11.9 Å². The molecule has 0 unspecified atom stereocenters. The van der Waals surface area contributed by atoms with E-state index >= 15 is 0 Å². The minimum absolute atomic E-state index is 0.0853. The van der Waals surface area contributed by atoms with Crippen LogP contribution in [0, 0.1) is 6.92 Å². The fourth-order valence-corrected chi connectivity index (χ4v) is 2.98. The maximum Gasteiger partial charge on any atom is 0.264 e. The molecule has 1 amide bonds. The van der Waals surface area contributed by atoms with Crippen LogP contribution in [-0.4, -0.2) is 23.5 Å². The molecule has 0 saturated heterocycles. The molecule has 7 heteroatoms. The molecule has 3 rings (SSSR count). The summed E-state index contributed by atoms with van der Waals surface area (Å²) in [7, 11) is 0. The SMILES string of the molecule is Cc1ccc(-c2csc(NC(=O)COc3ccccc3C(=O)[O-])n2)cc1. The average molecular weight is 367 g/mol. The van der Waals surface area contributed by atoms with Crippen LogP contribution < -0.4 is 15.2 Å². The van der Waals surface area contributed by atoms with Crippen LogP contribution in [0.15, 0.2) is 53.9 Å². The number of aromatic carboxylic acids is 1. The first kappa shape index (κ1) is 17.6. The van der Waals surface area contributed by atoms with Gasteiger partial charge in [-0.05, 0) is 19.1 Å². The van der Waals surface area contributed by atoms with Crippen LogP contribution in [0.2, 0.25) is 0 Å². The number of carbonyl (C=O) groups is 2. The number of hydrogen-bond acceptors (Lipinski definition) is 6. The molecule has 26 heavy (non-hydrogen) atoms. The molecular weight excluding hydrogens is 352 g/mol. The molecule has 0 saturated carbocycles.